The molecule has 160 valence electrons. The maximum atomic E-state index is 12.7. The van der Waals surface area contributed by atoms with E-state index < -0.39 is 5.54 Å². The number of guanidine groups is 1. The minimum Gasteiger partial charge on any atom is -0.369 e. The fraction of sp³-hybridized carbons (Fsp3) is 0.320. The summed E-state index contributed by atoms with van der Waals surface area (Å²) >= 11 is 0. The van der Waals surface area contributed by atoms with Gasteiger partial charge in [0.05, 0.1) is 13.0 Å². The smallest absolute Gasteiger partial charge is 0.251 e. The number of aryl methyl sites for hydroxylation is 1. The summed E-state index contributed by atoms with van der Waals surface area (Å²) in [5.74, 6) is 2.47. The molecule has 2 aromatic rings. The predicted molar refractivity (Wildman–Crippen MR) is 122 cm³/mol. The van der Waals surface area contributed by atoms with Gasteiger partial charge in [0.25, 0.3) is 5.91 Å². The summed E-state index contributed by atoms with van der Waals surface area (Å²) in [6.45, 7) is 6.63. The number of nitrogens with zero attached hydrogens (tertiary/aromatic N) is 2. The number of aliphatic imine (C=N–C) groups is 1. The van der Waals surface area contributed by atoms with Crippen molar-refractivity contribution >= 4 is 17.8 Å². The standard InChI is InChI=1S/C25H28N4O2/c1-5-25(17(2)3)14-22(30)29(24(26)28-25)16-19-10-12-20(13-11-19)23(31)27-15-21-9-7-6-8-18(21)4/h1,6-13,17H,14-16H2,2-4H3,(H2,26,28)(H,27,31)/t25-/m0/s1. The number of hydrogen-bond donors (Lipinski definition) is 2. The van der Waals surface area contributed by atoms with Crippen LogP contribution in [-0.4, -0.2) is 28.2 Å². The van der Waals surface area contributed by atoms with Gasteiger partial charge in [-0.25, -0.2) is 4.99 Å². The summed E-state index contributed by atoms with van der Waals surface area (Å²) in [5.41, 5.74) is 8.81. The van der Waals surface area contributed by atoms with Crippen LogP contribution in [0.1, 0.15) is 47.3 Å². The molecule has 0 aliphatic carbocycles. The fourth-order valence-electron chi connectivity index (χ4n) is 3.54. The molecule has 31 heavy (non-hydrogen) atoms. The van der Waals surface area contributed by atoms with Crippen LogP contribution in [0, 0.1) is 25.2 Å². The van der Waals surface area contributed by atoms with Crippen LogP contribution in [0.15, 0.2) is 53.5 Å². The highest BCUT2D eigenvalue weighted by Crippen LogP contribution is 2.30. The first-order valence-electron chi connectivity index (χ1n) is 10.3. The van der Waals surface area contributed by atoms with Crippen molar-refractivity contribution in [3.63, 3.8) is 0 Å². The molecule has 0 spiro atoms. The van der Waals surface area contributed by atoms with Crippen molar-refractivity contribution in [2.75, 3.05) is 0 Å². The van der Waals surface area contributed by atoms with Gasteiger partial charge in [-0.3, -0.25) is 14.5 Å². The van der Waals surface area contributed by atoms with Crippen molar-refractivity contribution < 1.29 is 9.59 Å². The molecule has 1 atom stereocenters. The van der Waals surface area contributed by atoms with Gasteiger partial charge in [0.1, 0.15) is 5.54 Å². The van der Waals surface area contributed by atoms with E-state index in [4.69, 9.17) is 12.2 Å². The summed E-state index contributed by atoms with van der Waals surface area (Å²) in [4.78, 5) is 31.1. The first-order chi connectivity index (χ1) is 14.8. The Bertz CT molecular complexity index is 1050. The van der Waals surface area contributed by atoms with Gasteiger partial charge in [-0.15, -0.1) is 6.42 Å². The maximum Gasteiger partial charge on any atom is 0.251 e. The molecule has 1 heterocycles. The van der Waals surface area contributed by atoms with Crippen molar-refractivity contribution in [1.82, 2.24) is 10.2 Å². The van der Waals surface area contributed by atoms with Crippen LogP contribution in [0.5, 0.6) is 0 Å². The molecule has 1 aliphatic heterocycles. The van der Waals surface area contributed by atoms with E-state index in [9.17, 15) is 9.59 Å². The third-order valence-corrected chi connectivity index (χ3v) is 5.77. The van der Waals surface area contributed by atoms with E-state index in [0.717, 1.165) is 16.7 Å². The number of carbonyl (C=O) groups is 2. The lowest BCUT2D eigenvalue weighted by Crippen LogP contribution is -2.52. The van der Waals surface area contributed by atoms with Crippen molar-refractivity contribution in [3.8, 4) is 12.3 Å². The number of nitrogens with two attached hydrogens (primary N) is 1. The number of amides is 2. The highest BCUT2D eigenvalue weighted by atomic mass is 16.2. The zero-order chi connectivity index (χ0) is 22.6. The second-order valence-corrected chi connectivity index (χ2v) is 8.16. The molecule has 6 nitrogen and oxygen atoms in total. The molecular formula is C25H28N4O2. The molecule has 0 bridgehead atoms. The molecule has 0 saturated heterocycles. The molecular weight excluding hydrogens is 388 g/mol. The minimum absolute atomic E-state index is 0.000352. The fourth-order valence-corrected chi connectivity index (χ4v) is 3.54. The molecule has 2 aromatic carbocycles. The van der Waals surface area contributed by atoms with E-state index in [2.05, 4.69) is 16.2 Å². The number of nitrogens with one attached hydrogen (secondary N) is 1. The first-order valence-corrected chi connectivity index (χ1v) is 10.3. The Morgan fingerprint density at radius 2 is 1.94 bits per heavy atom. The number of rotatable bonds is 6. The average Bonchev–Trinajstić information content (AvgIpc) is 2.75. The molecule has 0 fully saturated rings. The summed E-state index contributed by atoms with van der Waals surface area (Å²) in [5, 5.41) is 2.94. The van der Waals surface area contributed by atoms with Gasteiger partial charge < -0.3 is 11.1 Å². The molecule has 3 rings (SSSR count). The molecule has 2 amide bonds. The van der Waals surface area contributed by atoms with Crippen LogP contribution in [-0.2, 0) is 17.9 Å². The Morgan fingerprint density at radius 1 is 1.26 bits per heavy atom. The van der Waals surface area contributed by atoms with E-state index in [1.54, 1.807) is 12.1 Å². The molecule has 6 heteroatoms. The van der Waals surface area contributed by atoms with Gasteiger partial charge in [-0.05, 0) is 41.7 Å². The second-order valence-electron chi connectivity index (χ2n) is 8.16. The Morgan fingerprint density at radius 3 is 2.52 bits per heavy atom. The van der Waals surface area contributed by atoms with Gasteiger partial charge in [0, 0.05) is 12.1 Å². The Kier molecular flexibility index (Phi) is 6.45. The van der Waals surface area contributed by atoms with Gasteiger partial charge in [0.15, 0.2) is 5.96 Å². The number of hydrogen-bond acceptors (Lipinski definition) is 4. The first kappa shape index (κ1) is 22.1. The largest absolute Gasteiger partial charge is 0.369 e. The van der Waals surface area contributed by atoms with Crippen LogP contribution in [0.2, 0.25) is 0 Å². The monoisotopic (exact) mass is 416 g/mol. The number of carbonyl (C=O) groups excluding carboxylic acids is 2. The summed E-state index contributed by atoms with van der Waals surface area (Å²) < 4.78 is 0. The maximum absolute atomic E-state index is 12.7. The predicted octanol–water partition coefficient (Wildman–Crippen LogP) is 3.00. The van der Waals surface area contributed by atoms with E-state index in [1.807, 2.05) is 57.2 Å². The van der Waals surface area contributed by atoms with Crippen molar-refractivity contribution in [2.24, 2.45) is 16.6 Å². The van der Waals surface area contributed by atoms with E-state index in [0.29, 0.717) is 12.1 Å². The van der Waals surface area contributed by atoms with Gasteiger partial charge in [-0.2, -0.15) is 0 Å². The summed E-state index contributed by atoms with van der Waals surface area (Å²) in [7, 11) is 0. The van der Waals surface area contributed by atoms with Crippen molar-refractivity contribution in [2.45, 2.75) is 45.8 Å². The topological polar surface area (TPSA) is 87.8 Å². The lowest BCUT2D eigenvalue weighted by Gasteiger charge is -2.36. The SMILES string of the molecule is C#C[C@@]1(C(C)C)CC(=O)N(Cc2ccc(C(=O)NCc3ccccc3C)cc2)C(N)=N1. The summed E-state index contributed by atoms with van der Waals surface area (Å²) in [6, 6.07) is 15.0. The average molecular weight is 417 g/mol. The van der Waals surface area contributed by atoms with Crippen molar-refractivity contribution in [3.05, 3.63) is 70.8 Å². The molecule has 1 aliphatic rings. The Labute approximate surface area is 183 Å². The third kappa shape index (κ3) is 4.77. The van der Waals surface area contributed by atoms with Crippen LogP contribution < -0.4 is 11.1 Å². The number of terminal acetylenes is 1. The van der Waals surface area contributed by atoms with Crippen LogP contribution in [0.25, 0.3) is 0 Å². The lowest BCUT2D eigenvalue weighted by molar-refractivity contribution is -0.129. The van der Waals surface area contributed by atoms with E-state index in [1.165, 1.54) is 4.90 Å². The zero-order valence-electron chi connectivity index (χ0n) is 18.2. The lowest BCUT2D eigenvalue weighted by atomic mass is 9.83. The van der Waals surface area contributed by atoms with Gasteiger partial charge in [0.2, 0.25) is 5.91 Å². The van der Waals surface area contributed by atoms with Crippen LogP contribution >= 0.6 is 0 Å². The van der Waals surface area contributed by atoms with Crippen LogP contribution in [0.3, 0.4) is 0 Å². The van der Waals surface area contributed by atoms with Gasteiger partial charge in [-0.1, -0.05) is 56.2 Å². The third-order valence-electron chi connectivity index (χ3n) is 5.77. The molecule has 0 radical (unpaired) electrons. The molecule has 0 unspecified atom stereocenters. The highest BCUT2D eigenvalue weighted by molar-refractivity contribution is 5.99. The molecule has 3 N–H and O–H groups in total. The van der Waals surface area contributed by atoms with Crippen molar-refractivity contribution in [1.29, 1.82) is 0 Å². The van der Waals surface area contributed by atoms with E-state index >= 15 is 0 Å². The highest BCUT2D eigenvalue weighted by Gasteiger charge is 2.40. The quantitative estimate of drug-likeness (QED) is 0.710. The minimum atomic E-state index is -0.892. The van der Waals surface area contributed by atoms with E-state index in [-0.39, 0.29) is 36.7 Å². The normalized spacial score (nSPS) is 18.5. The summed E-state index contributed by atoms with van der Waals surface area (Å²) in [6.07, 6.45) is 5.78. The molecule has 0 saturated carbocycles. The second kappa shape index (κ2) is 9.05. The number of benzene rings is 2. The Hall–Kier alpha value is -3.59. The zero-order valence-corrected chi connectivity index (χ0v) is 18.2. The van der Waals surface area contributed by atoms with Gasteiger partial charge >= 0.3 is 0 Å². The molecule has 0 aromatic heterocycles. The van der Waals surface area contributed by atoms with Crippen LogP contribution in [0.4, 0.5) is 0 Å². The Balaban J connectivity index is 1.66.